The van der Waals surface area contributed by atoms with Crippen molar-refractivity contribution >= 4 is 0 Å². The normalized spacial score (nSPS) is 25.8. The predicted octanol–water partition coefficient (Wildman–Crippen LogP) is 2.63. The molecule has 0 aromatic heterocycles. The van der Waals surface area contributed by atoms with E-state index in [0.717, 1.165) is 25.3 Å². The number of nitrogens with two attached hydrogens (primary N) is 1. The molecule has 1 fully saturated rings. The Morgan fingerprint density at radius 2 is 2.07 bits per heavy atom. The van der Waals surface area contributed by atoms with Crippen molar-refractivity contribution in [2.45, 2.75) is 31.7 Å². The van der Waals surface area contributed by atoms with E-state index in [4.69, 9.17) is 5.73 Å². The summed E-state index contributed by atoms with van der Waals surface area (Å²) in [4.78, 5) is 0. The van der Waals surface area contributed by atoms with Crippen LogP contribution in [0.15, 0.2) is 18.2 Å². The van der Waals surface area contributed by atoms with Crippen LogP contribution in [-0.2, 0) is 6.42 Å². The van der Waals surface area contributed by atoms with Crippen molar-refractivity contribution in [1.29, 1.82) is 0 Å². The van der Waals surface area contributed by atoms with Gasteiger partial charge in [-0.15, -0.1) is 0 Å². The summed E-state index contributed by atoms with van der Waals surface area (Å²) in [5, 5.41) is 0. The van der Waals surface area contributed by atoms with E-state index in [-0.39, 0.29) is 6.04 Å². The number of benzene rings is 1. The Balaban J connectivity index is 2.10. The number of halogens is 2. The zero-order valence-corrected chi connectivity index (χ0v) is 8.55. The van der Waals surface area contributed by atoms with Crippen molar-refractivity contribution in [1.82, 2.24) is 0 Å². The first kappa shape index (κ1) is 10.6. The van der Waals surface area contributed by atoms with Crippen LogP contribution in [0.2, 0.25) is 0 Å². The molecule has 82 valence electrons. The number of rotatable bonds is 2. The van der Waals surface area contributed by atoms with E-state index in [1.165, 1.54) is 12.1 Å². The second-order valence-electron chi connectivity index (χ2n) is 4.29. The van der Waals surface area contributed by atoms with Crippen LogP contribution in [0.5, 0.6) is 0 Å². The highest BCUT2D eigenvalue weighted by atomic mass is 19.1. The molecule has 0 spiro atoms. The summed E-state index contributed by atoms with van der Waals surface area (Å²) in [7, 11) is 0. The minimum atomic E-state index is -0.521. The molecule has 0 aliphatic heterocycles. The molecule has 15 heavy (non-hydrogen) atoms. The lowest BCUT2D eigenvalue weighted by atomic mass is 9.95. The minimum Gasteiger partial charge on any atom is -0.327 e. The van der Waals surface area contributed by atoms with E-state index in [2.05, 4.69) is 0 Å². The van der Waals surface area contributed by atoms with E-state index in [1.807, 2.05) is 0 Å². The first-order valence-electron chi connectivity index (χ1n) is 5.36. The lowest BCUT2D eigenvalue weighted by Gasteiger charge is -2.15. The molecule has 2 atom stereocenters. The van der Waals surface area contributed by atoms with Gasteiger partial charge in [0.15, 0.2) is 0 Å². The summed E-state index contributed by atoms with van der Waals surface area (Å²) in [6.07, 6.45) is 3.83. The largest absolute Gasteiger partial charge is 0.327 e. The fraction of sp³-hybridized carbons (Fsp3) is 0.500. The van der Waals surface area contributed by atoms with E-state index >= 15 is 0 Å². The molecule has 0 heterocycles. The summed E-state index contributed by atoms with van der Waals surface area (Å²) in [5.41, 5.74) is 6.49. The highest BCUT2D eigenvalue weighted by Gasteiger charge is 2.24. The molecule has 1 aromatic carbocycles. The Hall–Kier alpha value is -0.960. The third-order valence-corrected chi connectivity index (χ3v) is 3.22. The SMILES string of the molecule is NC1CCCC1Cc1ccc(F)cc1F. The highest BCUT2D eigenvalue weighted by Crippen LogP contribution is 2.28. The van der Waals surface area contributed by atoms with Crippen LogP contribution in [0.1, 0.15) is 24.8 Å². The van der Waals surface area contributed by atoms with Gasteiger partial charge in [-0.1, -0.05) is 12.5 Å². The van der Waals surface area contributed by atoms with Crippen molar-refractivity contribution in [3.63, 3.8) is 0 Å². The molecule has 1 aromatic rings. The van der Waals surface area contributed by atoms with Crippen LogP contribution in [0.25, 0.3) is 0 Å². The van der Waals surface area contributed by atoms with Gasteiger partial charge in [-0.05, 0) is 36.8 Å². The van der Waals surface area contributed by atoms with Gasteiger partial charge in [-0.25, -0.2) is 8.78 Å². The van der Waals surface area contributed by atoms with Gasteiger partial charge in [0.25, 0.3) is 0 Å². The third kappa shape index (κ3) is 2.34. The maximum atomic E-state index is 13.4. The Bertz CT molecular complexity index is 351. The lowest BCUT2D eigenvalue weighted by molar-refractivity contribution is 0.464. The van der Waals surface area contributed by atoms with Crippen molar-refractivity contribution in [3.05, 3.63) is 35.4 Å². The van der Waals surface area contributed by atoms with Crippen molar-refractivity contribution in [3.8, 4) is 0 Å². The molecule has 1 aliphatic rings. The monoisotopic (exact) mass is 211 g/mol. The minimum absolute atomic E-state index is 0.175. The molecular weight excluding hydrogens is 196 g/mol. The van der Waals surface area contributed by atoms with E-state index in [0.29, 0.717) is 17.9 Å². The predicted molar refractivity (Wildman–Crippen MR) is 55.4 cm³/mol. The van der Waals surface area contributed by atoms with Crippen LogP contribution in [0.4, 0.5) is 8.78 Å². The van der Waals surface area contributed by atoms with Gasteiger partial charge in [-0.3, -0.25) is 0 Å². The van der Waals surface area contributed by atoms with E-state index in [9.17, 15) is 8.78 Å². The molecule has 0 amide bonds. The van der Waals surface area contributed by atoms with Gasteiger partial charge in [0.2, 0.25) is 0 Å². The van der Waals surface area contributed by atoms with Gasteiger partial charge in [0, 0.05) is 12.1 Å². The van der Waals surface area contributed by atoms with E-state index < -0.39 is 11.6 Å². The fourth-order valence-electron chi connectivity index (χ4n) is 2.29. The Kier molecular flexibility index (Phi) is 3.00. The number of hydrogen-bond donors (Lipinski definition) is 1. The third-order valence-electron chi connectivity index (χ3n) is 3.22. The fourth-order valence-corrected chi connectivity index (χ4v) is 2.29. The topological polar surface area (TPSA) is 26.0 Å². The van der Waals surface area contributed by atoms with Crippen molar-refractivity contribution < 1.29 is 8.78 Å². The van der Waals surface area contributed by atoms with Crippen LogP contribution >= 0.6 is 0 Å². The van der Waals surface area contributed by atoms with Crippen molar-refractivity contribution in [2.75, 3.05) is 0 Å². The average Bonchev–Trinajstić information content (AvgIpc) is 2.57. The maximum absolute atomic E-state index is 13.4. The summed E-state index contributed by atoms with van der Waals surface area (Å²) < 4.78 is 26.0. The highest BCUT2D eigenvalue weighted by molar-refractivity contribution is 5.19. The Labute approximate surface area is 88.3 Å². The molecule has 1 saturated carbocycles. The second kappa shape index (κ2) is 4.27. The molecule has 1 aliphatic carbocycles. The molecule has 0 bridgehead atoms. The zero-order valence-electron chi connectivity index (χ0n) is 8.55. The van der Waals surface area contributed by atoms with Gasteiger partial charge in [0.1, 0.15) is 11.6 Å². The lowest BCUT2D eigenvalue weighted by Crippen LogP contribution is -2.26. The Morgan fingerprint density at radius 3 is 2.67 bits per heavy atom. The number of hydrogen-bond acceptors (Lipinski definition) is 1. The molecule has 1 nitrogen and oxygen atoms in total. The quantitative estimate of drug-likeness (QED) is 0.799. The molecule has 2 rings (SSSR count). The molecular formula is C12H15F2N. The summed E-state index contributed by atoms with van der Waals surface area (Å²) in [6, 6.07) is 3.94. The zero-order chi connectivity index (χ0) is 10.8. The molecule has 3 heteroatoms. The van der Waals surface area contributed by atoms with Crippen LogP contribution in [0, 0.1) is 17.6 Å². The molecule has 2 unspecified atom stereocenters. The smallest absolute Gasteiger partial charge is 0.129 e. The average molecular weight is 211 g/mol. The van der Waals surface area contributed by atoms with Gasteiger partial charge >= 0.3 is 0 Å². The first-order chi connectivity index (χ1) is 7.16. The first-order valence-corrected chi connectivity index (χ1v) is 5.36. The summed E-state index contributed by atoms with van der Waals surface area (Å²) in [6.45, 7) is 0. The van der Waals surface area contributed by atoms with Crippen LogP contribution in [0.3, 0.4) is 0 Å². The summed E-state index contributed by atoms with van der Waals surface area (Å²) in [5.74, 6) is -0.619. The molecule has 2 N–H and O–H groups in total. The standard InChI is InChI=1S/C12H15F2N/c13-10-5-4-8(11(14)7-10)6-9-2-1-3-12(9)15/h4-5,7,9,12H,1-3,6,15H2. The van der Waals surface area contributed by atoms with Gasteiger partial charge < -0.3 is 5.73 Å². The van der Waals surface area contributed by atoms with Gasteiger partial charge in [-0.2, -0.15) is 0 Å². The van der Waals surface area contributed by atoms with Crippen LogP contribution < -0.4 is 5.73 Å². The van der Waals surface area contributed by atoms with Crippen molar-refractivity contribution in [2.24, 2.45) is 11.7 Å². The second-order valence-corrected chi connectivity index (χ2v) is 4.29. The van der Waals surface area contributed by atoms with Gasteiger partial charge in [0.05, 0.1) is 0 Å². The van der Waals surface area contributed by atoms with Crippen LogP contribution in [-0.4, -0.2) is 6.04 Å². The molecule has 0 saturated heterocycles. The maximum Gasteiger partial charge on any atom is 0.129 e. The van der Waals surface area contributed by atoms with E-state index in [1.54, 1.807) is 0 Å². The molecule has 0 radical (unpaired) electrons. The summed E-state index contributed by atoms with van der Waals surface area (Å²) >= 11 is 0. The Morgan fingerprint density at radius 1 is 1.27 bits per heavy atom.